The highest BCUT2D eigenvalue weighted by Gasteiger charge is 2.30. The molecule has 174 valence electrons. The van der Waals surface area contributed by atoms with Gasteiger partial charge < -0.3 is 13.1 Å². The van der Waals surface area contributed by atoms with Crippen molar-refractivity contribution < 1.29 is 34.7 Å². The van der Waals surface area contributed by atoms with Crippen molar-refractivity contribution in [3.63, 3.8) is 0 Å². The summed E-state index contributed by atoms with van der Waals surface area (Å²) in [6.45, 7) is 4.76. The summed E-state index contributed by atoms with van der Waals surface area (Å²) >= 11 is 0. The number of aryl methyl sites for hydroxylation is 2. The van der Waals surface area contributed by atoms with Crippen molar-refractivity contribution in [1.29, 1.82) is 0 Å². The van der Waals surface area contributed by atoms with Gasteiger partial charge in [0.2, 0.25) is 11.5 Å². The molecule has 0 N–H and O–H groups in total. The number of hydrogen-bond acceptors (Lipinski definition) is 8. The molecule has 8 nitrogen and oxygen atoms in total. The number of methoxy groups -OCH3 is 1. The summed E-state index contributed by atoms with van der Waals surface area (Å²) < 4.78 is 67.4. The Balaban J connectivity index is 2.17. The summed E-state index contributed by atoms with van der Waals surface area (Å²) in [5.74, 6) is -1.84. The maximum Gasteiger partial charge on any atom is 0.339 e. The van der Waals surface area contributed by atoms with E-state index in [1.807, 2.05) is 0 Å². The normalized spacial score (nSPS) is 11.6. The predicted molar refractivity (Wildman–Crippen MR) is 121 cm³/mol. The van der Waals surface area contributed by atoms with E-state index in [0.717, 1.165) is 11.1 Å². The van der Waals surface area contributed by atoms with Gasteiger partial charge in [-0.3, -0.25) is 4.79 Å². The number of carbonyl (C=O) groups is 1. The topological polar surface area (TPSA) is 113 Å². The van der Waals surface area contributed by atoms with Crippen molar-refractivity contribution in [2.24, 2.45) is 0 Å². The smallest absolute Gasteiger partial charge is 0.339 e. The SMILES string of the molecule is COc1ccc(C(C)=O)c(OS(=O)(=O)c2ccc(C)cc2)c1OS(=O)(=O)c1ccc(C)cc1. The van der Waals surface area contributed by atoms with E-state index >= 15 is 0 Å². The second-order valence-electron chi connectivity index (χ2n) is 7.23. The van der Waals surface area contributed by atoms with Crippen LogP contribution < -0.4 is 13.1 Å². The van der Waals surface area contributed by atoms with E-state index in [4.69, 9.17) is 13.1 Å². The molecule has 10 heteroatoms. The first-order chi connectivity index (χ1) is 15.4. The zero-order chi connectivity index (χ0) is 24.4. The summed E-state index contributed by atoms with van der Waals surface area (Å²) in [6.07, 6.45) is 0. The summed E-state index contributed by atoms with van der Waals surface area (Å²) in [7, 11) is -7.62. The molecule has 0 saturated carbocycles. The predicted octanol–water partition coefficient (Wildman–Crippen LogP) is 4.05. The molecule has 0 aromatic heterocycles. The van der Waals surface area contributed by atoms with E-state index in [2.05, 4.69) is 0 Å². The number of rotatable bonds is 8. The molecule has 0 aliphatic rings. The first kappa shape index (κ1) is 24.3. The molecule has 0 atom stereocenters. The highest BCUT2D eigenvalue weighted by atomic mass is 32.2. The van der Waals surface area contributed by atoms with E-state index in [0.29, 0.717) is 0 Å². The summed E-state index contributed by atoms with van der Waals surface area (Å²) in [5, 5.41) is 0. The molecule has 0 heterocycles. The molecule has 0 bridgehead atoms. The molecule has 0 saturated heterocycles. The Kier molecular flexibility index (Phi) is 6.80. The second kappa shape index (κ2) is 9.24. The van der Waals surface area contributed by atoms with Gasteiger partial charge in [0.15, 0.2) is 11.5 Å². The maximum atomic E-state index is 12.9. The molecule has 0 amide bonds. The number of hydrogen-bond donors (Lipinski definition) is 0. The number of ketones is 1. The van der Waals surface area contributed by atoms with Crippen LogP contribution in [0, 0.1) is 13.8 Å². The van der Waals surface area contributed by atoms with Crippen molar-refractivity contribution in [3.05, 3.63) is 77.4 Å². The number of carbonyl (C=O) groups excluding carboxylic acids is 1. The third-order valence-electron chi connectivity index (χ3n) is 4.68. The number of benzene rings is 3. The average Bonchev–Trinajstić information content (AvgIpc) is 2.75. The Hall–Kier alpha value is -3.37. The molecular formula is C23H22O8S2. The molecule has 3 rings (SSSR count). The Morgan fingerprint density at radius 1 is 0.667 bits per heavy atom. The number of ether oxygens (including phenoxy) is 1. The van der Waals surface area contributed by atoms with Crippen molar-refractivity contribution >= 4 is 26.0 Å². The van der Waals surface area contributed by atoms with Crippen LogP contribution >= 0.6 is 0 Å². The molecule has 3 aromatic carbocycles. The lowest BCUT2D eigenvalue weighted by molar-refractivity contribution is 0.101. The fourth-order valence-corrected chi connectivity index (χ4v) is 4.76. The fraction of sp³-hybridized carbons (Fsp3) is 0.174. The van der Waals surface area contributed by atoms with Gasteiger partial charge >= 0.3 is 20.2 Å². The zero-order valence-electron chi connectivity index (χ0n) is 18.4. The van der Waals surface area contributed by atoms with Crippen LogP contribution in [0.2, 0.25) is 0 Å². The lowest BCUT2D eigenvalue weighted by atomic mass is 10.1. The van der Waals surface area contributed by atoms with Gasteiger partial charge in [-0.05, 0) is 57.2 Å². The van der Waals surface area contributed by atoms with E-state index in [9.17, 15) is 21.6 Å². The Morgan fingerprint density at radius 2 is 1.09 bits per heavy atom. The quantitative estimate of drug-likeness (QED) is 0.343. The van der Waals surface area contributed by atoms with Crippen LogP contribution in [0.15, 0.2) is 70.5 Å². The first-order valence-corrected chi connectivity index (χ1v) is 12.5. The van der Waals surface area contributed by atoms with E-state index < -0.39 is 37.5 Å². The molecule has 3 aromatic rings. The molecular weight excluding hydrogens is 468 g/mol. The van der Waals surface area contributed by atoms with Gasteiger partial charge in [-0.25, -0.2) is 0 Å². The molecule has 0 aliphatic carbocycles. The molecule has 0 spiro atoms. The monoisotopic (exact) mass is 490 g/mol. The average molecular weight is 491 g/mol. The van der Waals surface area contributed by atoms with Crippen molar-refractivity contribution in [1.82, 2.24) is 0 Å². The minimum Gasteiger partial charge on any atom is -0.493 e. The lowest BCUT2D eigenvalue weighted by Crippen LogP contribution is -2.16. The van der Waals surface area contributed by atoms with E-state index in [-0.39, 0.29) is 21.1 Å². The van der Waals surface area contributed by atoms with E-state index in [1.54, 1.807) is 38.1 Å². The first-order valence-electron chi connectivity index (χ1n) is 9.69. The lowest BCUT2D eigenvalue weighted by Gasteiger charge is -2.17. The highest BCUT2D eigenvalue weighted by Crippen LogP contribution is 2.43. The van der Waals surface area contributed by atoms with Gasteiger partial charge in [-0.2, -0.15) is 16.8 Å². The van der Waals surface area contributed by atoms with Crippen LogP contribution in [0.3, 0.4) is 0 Å². The third-order valence-corrected chi connectivity index (χ3v) is 7.15. The van der Waals surface area contributed by atoms with Gasteiger partial charge in [0.1, 0.15) is 9.79 Å². The summed E-state index contributed by atoms with van der Waals surface area (Å²) in [6, 6.07) is 14.2. The van der Waals surface area contributed by atoms with Gasteiger partial charge in [0.05, 0.1) is 12.7 Å². The van der Waals surface area contributed by atoms with E-state index in [1.165, 1.54) is 50.4 Å². The summed E-state index contributed by atoms with van der Waals surface area (Å²) in [5.41, 5.74) is 1.46. The Morgan fingerprint density at radius 3 is 1.48 bits per heavy atom. The van der Waals surface area contributed by atoms with Crippen LogP contribution in [0.5, 0.6) is 17.2 Å². The van der Waals surface area contributed by atoms with Crippen molar-refractivity contribution in [3.8, 4) is 17.2 Å². The fourth-order valence-electron chi connectivity index (χ4n) is 2.87. The minimum atomic E-state index is -4.44. The standard InChI is InChI=1S/C23H22O8S2/c1-15-5-9-18(10-6-15)32(25,26)30-22-20(17(3)24)13-14-21(29-4)23(22)31-33(27,28)19-11-7-16(2)8-12-19/h5-14H,1-4H3. The third kappa shape index (κ3) is 5.35. The van der Waals surface area contributed by atoms with Gasteiger partial charge in [-0.15, -0.1) is 0 Å². The minimum absolute atomic E-state index is 0.134. The highest BCUT2D eigenvalue weighted by molar-refractivity contribution is 7.87. The number of Topliss-reactive ketones (excluding diaryl/α,β-unsaturated/α-hetero) is 1. The van der Waals surface area contributed by atoms with Gasteiger partial charge in [-0.1, -0.05) is 35.4 Å². The molecule has 0 radical (unpaired) electrons. The zero-order valence-corrected chi connectivity index (χ0v) is 20.0. The maximum absolute atomic E-state index is 12.9. The molecule has 0 fully saturated rings. The van der Waals surface area contributed by atoms with Crippen molar-refractivity contribution in [2.75, 3.05) is 7.11 Å². The van der Waals surface area contributed by atoms with Crippen molar-refractivity contribution in [2.45, 2.75) is 30.6 Å². The largest absolute Gasteiger partial charge is 0.493 e. The molecule has 0 aliphatic heterocycles. The molecule has 0 unspecified atom stereocenters. The van der Waals surface area contributed by atoms with Crippen LogP contribution in [0.25, 0.3) is 0 Å². The van der Waals surface area contributed by atoms with Crippen LogP contribution in [0.4, 0.5) is 0 Å². The Bertz CT molecular complexity index is 1390. The van der Waals surface area contributed by atoms with Crippen LogP contribution in [0.1, 0.15) is 28.4 Å². The van der Waals surface area contributed by atoms with Crippen LogP contribution in [-0.4, -0.2) is 29.7 Å². The van der Waals surface area contributed by atoms with Crippen LogP contribution in [-0.2, 0) is 20.2 Å². The Labute approximate surface area is 193 Å². The molecule has 33 heavy (non-hydrogen) atoms. The van der Waals surface area contributed by atoms with Gasteiger partial charge in [0.25, 0.3) is 0 Å². The summed E-state index contributed by atoms with van der Waals surface area (Å²) in [4.78, 5) is 11.9. The second-order valence-corrected chi connectivity index (χ2v) is 10.3. The van der Waals surface area contributed by atoms with Gasteiger partial charge in [0, 0.05) is 0 Å².